The maximum absolute atomic E-state index is 11.0. The topological polar surface area (TPSA) is 44.4 Å². The molecule has 86 valence electrons. The lowest BCUT2D eigenvalue weighted by Gasteiger charge is -2.22. The molecule has 0 aromatic heterocycles. The van der Waals surface area contributed by atoms with E-state index in [0.717, 1.165) is 16.9 Å². The van der Waals surface area contributed by atoms with Gasteiger partial charge in [0.15, 0.2) is 0 Å². The molecule has 1 heterocycles. The summed E-state index contributed by atoms with van der Waals surface area (Å²) in [5.41, 5.74) is 5.66. The van der Waals surface area contributed by atoms with Crippen molar-refractivity contribution in [2.45, 2.75) is 6.92 Å². The van der Waals surface area contributed by atoms with Gasteiger partial charge >= 0.3 is 0 Å². The van der Waals surface area contributed by atoms with Gasteiger partial charge in [-0.15, -0.1) is 0 Å². The van der Waals surface area contributed by atoms with E-state index >= 15 is 0 Å². The number of hydrogen-bond donors (Lipinski definition) is 2. The van der Waals surface area contributed by atoms with Crippen LogP contribution in [0.1, 0.15) is 12.5 Å². The second kappa shape index (κ2) is 4.62. The molecule has 1 aliphatic heterocycles. The lowest BCUT2D eigenvalue weighted by Crippen LogP contribution is -2.30. The first-order valence-electron chi connectivity index (χ1n) is 5.25. The summed E-state index contributed by atoms with van der Waals surface area (Å²) in [6.45, 7) is 1.49. The molecule has 0 aliphatic carbocycles. The molecule has 0 fully saturated rings. The molecule has 0 atom stereocenters. The molecule has 0 saturated carbocycles. The fraction of sp³-hybridized carbons (Fsp3) is 0.154. The summed E-state index contributed by atoms with van der Waals surface area (Å²) in [5.74, 6) is 2.79. The fourth-order valence-electron chi connectivity index (χ4n) is 1.61. The maximum Gasteiger partial charge on any atom is 0.221 e. The number of carbonyl (C=O) groups excluding carboxylic acids is 1. The van der Waals surface area contributed by atoms with Gasteiger partial charge in [0.2, 0.25) is 5.91 Å². The molecule has 1 aromatic carbocycles. The zero-order chi connectivity index (χ0) is 12.3. The number of hydrogen-bond acceptors (Lipinski definition) is 3. The minimum atomic E-state index is -0.0777. The van der Waals surface area contributed by atoms with Crippen molar-refractivity contribution in [3.05, 3.63) is 35.9 Å². The second-order valence-corrected chi connectivity index (χ2v) is 3.73. The molecule has 4 nitrogen and oxygen atoms in total. The van der Waals surface area contributed by atoms with Crippen LogP contribution in [0.2, 0.25) is 0 Å². The van der Waals surface area contributed by atoms with Gasteiger partial charge in [0, 0.05) is 37.3 Å². The number of rotatable bonds is 2. The number of nitrogens with zero attached hydrogens (tertiary/aromatic N) is 1. The minimum absolute atomic E-state index is 0.0777. The number of carbonyl (C=O) groups is 1. The van der Waals surface area contributed by atoms with E-state index in [1.165, 1.54) is 6.92 Å². The van der Waals surface area contributed by atoms with E-state index in [0.29, 0.717) is 0 Å². The molecule has 2 N–H and O–H groups in total. The number of allylic oxidation sites excluding steroid dienone is 1. The van der Waals surface area contributed by atoms with E-state index in [1.54, 1.807) is 0 Å². The van der Waals surface area contributed by atoms with E-state index in [1.807, 2.05) is 42.4 Å². The Morgan fingerprint density at radius 2 is 2.29 bits per heavy atom. The van der Waals surface area contributed by atoms with Crippen LogP contribution in [0.3, 0.4) is 0 Å². The molecule has 0 unspecified atom stereocenters. The molecule has 0 spiro atoms. The number of nitrogens with one attached hydrogen (secondary N) is 2. The molecular formula is C13H13N3O. The van der Waals surface area contributed by atoms with Crippen LogP contribution in [-0.4, -0.2) is 18.0 Å². The summed E-state index contributed by atoms with van der Waals surface area (Å²) in [7, 11) is 1.89. The van der Waals surface area contributed by atoms with Crippen molar-refractivity contribution < 1.29 is 4.79 Å². The number of amides is 1. The zero-order valence-corrected chi connectivity index (χ0v) is 9.74. The monoisotopic (exact) mass is 227 g/mol. The van der Waals surface area contributed by atoms with Gasteiger partial charge in [-0.2, -0.15) is 0 Å². The third-order valence-electron chi connectivity index (χ3n) is 2.34. The number of benzene rings is 1. The Morgan fingerprint density at radius 3 is 3.00 bits per heavy atom. The van der Waals surface area contributed by atoms with Gasteiger partial charge in [-0.05, 0) is 18.1 Å². The van der Waals surface area contributed by atoms with Gasteiger partial charge in [0.25, 0.3) is 0 Å². The summed E-state index contributed by atoms with van der Waals surface area (Å²) < 4.78 is 0. The van der Waals surface area contributed by atoms with Crippen LogP contribution in [-0.2, 0) is 4.79 Å². The number of hydrazine groups is 1. The standard InChI is InChI=1S/C13H13N3O/c1-10(17)15-12-6-3-5-11(9-12)13-7-4-8-14-16(13)2/h3,5-7,9,14H,1-2H3,(H,15,17). The van der Waals surface area contributed by atoms with Crippen LogP contribution in [0.5, 0.6) is 0 Å². The lowest BCUT2D eigenvalue weighted by atomic mass is 10.1. The van der Waals surface area contributed by atoms with Gasteiger partial charge in [-0.1, -0.05) is 12.1 Å². The van der Waals surface area contributed by atoms with Crippen molar-refractivity contribution in [3.8, 4) is 12.0 Å². The fourth-order valence-corrected chi connectivity index (χ4v) is 1.61. The van der Waals surface area contributed by atoms with Crippen molar-refractivity contribution in [2.24, 2.45) is 0 Å². The van der Waals surface area contributed by atoms with Gasteiger partial charge < -0.3 is 5.32 Å². The van der Waals surface area contributed by atoms with Crippen molar-refractivity contribution in [1.29, 1.82) is 0 Å². The Morgan fingerprint density at radius 1 is 1.47 bits per heavy atom. The molecular weight excluding hydrogens is 214 g/mol. The van der Waals surface area contributed by atoms with E-state index < -0.39 is 0 Å². The Balaban J connectivity index is 2.31. The summed E-state index contributed by atoms with van der Waals surface area (Å²) in [6.07, 6.45) is 1.84. The van der Waals surface area contributed by atoms with E-state index in [2.05, 4.69) is 22.7 Å². The van der Waals surface area contributed by atoms with E-state index in [9.17, 15) is 4.79 Å². The molecule has 1 aromatic rings. The number of anilines is 1. The van der Waals surface area contributed by atoms with E-state index in [-0.39, 0.29) is 5.91 Å². The quantitative estimate of drug-likeness (QED) is 0.751. The minimum Gasteiger partial charge on any atom is -0.326 e. The highest BCUT2D eigenvalue weighted by atomic mass is 16.1. The summed E-state index contributed by atoms with van der Waals surface area (Å²) >= 11 is 0. The van der Waals surface area contributed by atoms with E-state index in [4.69, 9.17) is 0 Å². The Labute approximate surface area is 100 Å². The molecule has 17 heavy (non-hydrogen) atoms. The Kier molecular flexibility index (Phi) is 3.01. The highest BCUT2D eigenvalue weighted by Crippen LogP contribution is 2.20. The predicted molar refractivity (Wildman–Crippen MR) is 67.4 cm³/mol. The first kappa shape index (κ1) is 11.1. The molecule has 2 rings (SSSR count). The average Bonchev–Trinajstić information content (AvgIpc) is 2.29. The van der Waals surface area contributed by atoms with Crippen LogP contribution >= 0.6 is 0 Å². The van der Waals surface area contributed by atoms with Crippen LogP contribution < -0.4 is 10.7 Å². The third-order valence-corrected chi connectivity index (χ3v) is 2.34. The summed E-state index contributed by atoms with van der Waals surface area (Å²) in [4.78, 5) is 11.0. The highest BCUT2D eigenvalue weighted by Gasteiger charge is 2.09. The molecule has 0 saturated heterocycles. The normalized spacial score (nSPS) is 13.1. The van der Waals surface area contributed by atoms with Crippen LogP contribution in [0.4, 0.5) is 5.69 Å². The maximum atomic E-state index is 11.0. The summed E-state index contributed by atoms with van der Waals surface area (Å²) in [6, 6.07) is 10.4. The van der Waals surface area contributed by atoms with Crippen molar-refractivity contribution >= 4 is 17.3 Å². The molecule has 1 aliphatic rings. The predicted octanol–water partition coefficient (Wildman–Crippen LogP) is 1.40. The first-order valence-corrected chi connectivity index (χ1v) is 5.25. The van der Waals surface area contributed by atoms with Gasteiger partial charge in [0.05, 0.1) is 5.70 Å². The van der Waals surface area contributed by atoms with Gasteiger partial charge in [-0.25, -0.2) is 0 Å². The smallest absolute Gasteiger partial charge is 0.221 e. The molecule has 0 radical (unpaired) electrons. The molecule has 4 heteroatoms. The third kappa shape index (κ3) is 2.58. The van der Waals surface area contributed by atoms with Crippen molar-refractivity contribution in [3.63, 3.8) is 0 Å². The van der Waals surface area contributed by atoms with Crippen molar-refractivity contribution in [1.82, 2.24) is 10.4 Å². The highest BCUT2D eigenvalue weighted by molar-refractivity contribution is 5.89. The first-order chi connectivity index (χ1) is 8.16. The molecule has 0 bridgehead atoms. The van der Waals surface area contributed by atoms with Crippen LogP contribution in [0.25, 0.3) is 5.70 Å². The SMILES string of the molecule is CC(=O)Nc1cccc(C2=CC#CNN2C)c1. The van der Waals surface area contributed by atoms with Crippen molar-refractivity contribution in [2.75, 3.05) is 12.4 Å². The summed E-state index contributed by atoms with van der Waals surface area (Å²) in [5, 5.41) is 4.59. The largest absolute Gasteiger partial charge is 0.326 e. The average molecular weight is 227 g/mol. The van der Waals surface area contributed by atoms with Gasteiger partial charge in [0.1, 0.15) is 0 Å². The van der Waals surface area contributed by atoms with Crippen LogP contribution in [0.15, 0.2) is 30.3 Å². The second-order valence-electron chi connectivity index (χ2n) is 3.73. The zero-order valence-electron chi connectivity index (χ0n) is 9.74. The Hall–Kier alpha value is -2.41. The van der Waals surface area contributed by atoms with Gasteiger partial charge in [-0.3, -0.25) is 15.2 Å². The Bertz CT molecular complexity index is 537. The van der Waals surface area contributed by atoms with Crippen LogP contribution in [0, 0.1) is 12.0 Å². The lowest BCUT2D eigenvalue weighted by molar-refractivity contribution is -0.114. The molecule has 1 amide bonds.